The second kappa shape index (κ2) is 9.61. The lowest BCUT2D eigenvalue weighted by Crippen LogP contribution is -2.39. The zero-order chi connectivity index (χ0) is 23.5. The van der Waals surface area contributed by atoms with Crippen molar-refractivity contribution in [2.24, 2.45) is 5.92 Å². The lowest BCUT2D eigenvalue weighted by molar-refractivity contribution is -0.134. The Labute approximate surface area is 198 Å². The van der Waals surface area contributed by atoms with Gasteiger partial charge in [0.1, 0.15) is 5.75 Å². The number of nitrogens with zero attached hydrogens (tertiary/aromatic N) is 5. The van der Waals surface area contributed by atoms with Gasteiger partial charge < -0.3 is 9.64 Å². The van der Waals surface area contributed by atoms with Crippen LogP contribution in [0.4, 0.5) is 0 Å². The molecule has 1 amide bonds. The molecule has 0 atom stereocenters. The monoisotopic (exact) mass is 456 g/mol. The number of likely N-dealkylation sites (tertiary alicyclic amines) is 1. The van der Waals surface area contributed by atoms with E-state index in [0.29, 0.717) is 11.6 Å². The third-order valence-corrected chi connectivity index (χ3v) is 6.27. The van der Waals surface area contributed by atoms with Crippen LogP contribution in [0.25, 0.3) is 22.2 Å². The van der Waals surface area contributed by atoms with Gasteiger partial charge in [0.15, 0.2) is 0 Å². The first-order valence-corrected chi connectivity index (χ1v) is 11.5. The van der Waals surface area contributed by atoms with E-state index in [1.54, 1.807) is 17.3 Å². The Morgan fingerprint density at radius 3 is 2.65 bits per heavy atom. The number of piperidine rings is 1. The second-order valence-corrected chi connectivity index (χ2v) is 8.94. The normalized spacial score (nSPS) is 14.9. The number of ether oxygens (including phenoxy) is 1. The van der Waals surface area contributed by atoms with E-state index in [0.717, 1.165) is 54.6 Å². The number of carbonyl (C=O) groups is 1. The van der Waals surface area contributed by atoms with E-state index in [9.17, 15) is 4.79 Å². The van der Waals surface area contributed by atoms with Crippen molar-refractivity contribution < 1.29 is 9.53 Å². The summed E-state index contributed by atoms with van der Waals surface area (Å²) in [7, 11) is 3.67. The highest BCUT2D eigenvalue weighted by atomic mass is 16.5. The van der Waals surface area contributed by atoms with Crippen LogP contribution in [-0.2, 0) is 11.3 Å². The van der Waals surface area contributed by atoms with E-state index in [4.69, 9.17) is 4.74 Å². The van der Waals surface area contributed by atoms with Gasteiger partial charge in [0, 0.05) is 68.2 Å². The number of amides is 1. The SMILES string of the molecule is CN(C)C(=O)C1CCN(Cc2cnc3cc(Oc4ccc(-c5ccn[nH]5)cn4)ccc3c2)CC1. The van der Waals surface area contributed by atoms with Crippen molar-refractivity contribution in [2.45, 2.75) is 19.4 Å². The van der Waals surface area contributed by atoms with Crippen molar-refractivity contribution in [1.29, 1.82) is 0 Å². The van der Waals surface area contributed by atoms with Gasteiger partial charge in [0.05, 0.1) is 11.2 Å². The number of rotatable bonds is 6. The molecular formula is C26H28N6O2. The Morgan fingerprint density at radius 2 is 1.94 bits per heavy atom. The summed E-state index contributed by atoms with van der Waals surface area (Å²) in [6.45, 7) is 2.71. The van der Waals surface area contributed by atoms with E-state index in [-0.39, 0.29) is 11.8 Å². The summed E-state index contributed by atoms with van der Waals surface area (Å²) in [5.41, 5.74) is 3.92. The quantitative estimate of drug-likeness (QED) is 0.470. The van der Waals surface area contributed by atoms with Crippen LogP contribution in [-0.4, -0.2) is 63.1 Å². The zero-order valence-electron chi connectivity index (χ0n) is 19.4. The number of pyridine rings is 2. The highest BCUT2D eigenvalue weighted by Gasteiger charge is 2.26. The van der Waals surface area contributed by atoms with Gasteiger partial charge in [-0.3, -0.25) is 19.8 Å². The second-order valence-electron chi connectivity index (χ2n) is 8.94. The van der Waals surface area contributed by atoms with Crippen LogP contribution in [0.15, 0.2) is 61.1 Å². The minimum atomic E-state index is 0.149. The molecule has 4 aromatic rings. The summed E-state index contributed by atoms with van der Waals surface area (Å²) >= 11 is 0. The van der Waals surface area contributed by atoms with Crippen LogP contribution in [0, 0.1) is 5.92 Å². The predicted molar refractivity (Wildman–Crippen MR) is 130 cm³/mol. The molecule has 8 nitrogen and oxygen atoms in total. The first-order valence-electron chi connectivity index (χ1n) is 11.5. The number of carbonyl (C=O) groups excluding carboxylic acids is 1. The van der Waals surface area contributed by atoms with Gasteiger partial charge in [0.25, 0.3) is 0 Å². The lowest BCUT2D eigenvalue weighted by Gasteiger charge is -2.32. The molecule has 0 aliphatic carbocycles. The van der Waals surface area contributed by atoms with Gasteiger partial charge in [-0.05, 0) is 61.8 Å². The Morgan fingerprint density at radius 1 is 1.09 bits per heavy atom. The van der Waals surface area contributed by atoms with E-state index in [2.05, 4.69) is 31.1 Å². The molecule has 1 fully saturated rings. The summed E-state index contributed by atoms with van der Waals surface area (Å²) in [6, 6.07) is 13.8. The molecule has 0 radical (unpaired) electrons. The number of H-pyrrole nitrogens is 1. The van der Waals surface area contributed by atoms with Crippen molar-refractivity contribution in [3.8, 4) is 22.9 Å². The number of nitrogens with one attached hydrogen (secondary N) is 1. The maximum Gasteiger partial charge on any atom is 0.225 e. The van der Waals surface area contributed by atoms with Crippen LogP contribution in [0.1, 0.15) is 18.4 Å². The summed E-state index contributed by atoms with van der Waals surface area (Å²) < 4.78 is 5.94. The molecule has 1 aliphatic rings. The molecule has 0 unspecified atom stereocenters. The van der Waals surface area contributed by atoms with Crippen molar-refractivity contribution >= 4 is 16.8 Å². The van der Waals surface area contributed by atoms with Crippen LogP contribution in [0.2, 0.25) is 0 Å². The molecule has 0 spiro atoms. The van der Waals surface area contributed by atoms with Gasteiger partial charge >= 0.3 is 0 Å². The fourth-order valence-corrected chi connectivity index (χ4v) is 4.40. The Hall–Kier alpha value is -3.78. The number of hydrogen-bond donors (Lipinski definition) is 1. The minimum Gasteiger partial charge on any atom is -0.439 e. The Balaban J connectivity index is 1.21. The zero-order valence-corrected chi connectivity index (χ0v) is 19.4. The molecule has 1 N–H and O–H groups in total. The molecule has 0 bridgehead atoms. The average molecular weight is 457 g/mol. The molecule has 1 aromatic carbocycles. The first-order chi connectivity index (χ1) is 16.5. The topological polar surface area (TPSA) is 87.2 Å². The third-order valence-electron chi connectivity index (χ3n) is 6.27. The van der Waals surface area contributed by atoms with Gasteiger partial charge in [-0.25, -0.2) is 4.98 Å². The van der Waals surface area contributed by atoms with Crippen LogP contribution in [0.5, 0.6) is 11.6 Å². The van der Waals surface area contributed by atoms with Crippen LogP contribution >= 0.6 is 0 Å². The summed E-state index contributed by atoms with van der Waals surface area (Å²) in [5, 5.41) is 7.96. The maximum absolute atomic E-state index is 12.2. The van der Waals surface area contributed by atoms with E-state index in [1.165, 1.54) is 5.56 Å². The average Bonchev–Trinajstić information content (AvgIpc) is 3.40. The van der Waals surface area contributed by atoms with E-state index in [1.807, 2.05) is 56.7 Å². The number of benzene rings is 1. The van der Waals surface area contributed by atoms with Gasteiger partial charge in [0.2, 0.25) is 11.8 Å². The fourth-order valence-electron chi connectivity index (χ4n) is 4.40. The molecular weight excluding hydrogens is 428 g/mol. The number of fused-ring (bicyclic) bond motifs is 1. The van der Waals surface area contributed by atoms with Crippen molar-refractivity contribution in [3.05, 3.63) is 66.6 Å². The summed E-state index contributed by atoms with van der Waals surface area (Å²) in [4.78, 5) is 25.4. The maximum atomic E-state index is 12.2. The van der Waals surface area contributed by atoms with Crippen molar-refractivity contribution in [3.63, 3.8) is 0 Å². The van der Waals surface area contributed by atoms with Crippen molar-refractivity contribution in [2.75, 3.05) is 27.2 Å². The Kier molecular flexibility index (Phi) is 6.22. The molecule has 4 heterocycles. The smallest absolute Gasteiger partial charge is 0.225 e. The number of hydrogen-bond acceptors (Lipinski definition) is 6. The lowest BCUT2D eigenvalue weighted by atomic mass is 9.95. The van der Waals surface area contributed by atoms with E-state index < -0.39 is 0 Å². The molecule has 8 heteroatoms. The standard InChI is InChI=1S/C26H28N6O2/c1-31(2)26(33)19-8-11-32(12-9-19)17-18-13-20-3-5-22(14-24(20)27-15-18)34-25-6-4-21(16-28-25)23-7-10-29-30-23/h3-7,10,13-16,19H,8-9,11-12,17H2,1-2H3,(H,29,30). The predicted octanol–water partition coefficient (Wildman–Crippen LogP) is 4.11. The molecule has 1 saturated heterocycles. The van der Waals surface area contributed by atoms with Crippen LogP contribution < -0.4 is 4.74 Å². The molecule has 1 aliphatic heterocycles. The van der Waals surface area contributed by atoms with Gasteiger partial charge in [-0.2, -0.15) is 5.10 Å². The summed E-state index contributed by atoms with van der Waals surface area (Å²) in [6.07, 6.45) is 7.23. The van der Waals surface area contributed by atoms with Gasteiger partial charge in [-0.15, -0.1) is 0 Å². The van der Waals surface area contributed by atoms with Crippen LogP contribution in [0.3, 0.4) is 0 Å². The number of aromatic nitrogens is 4. The molecule has 0 saturated carbocycles. The van der Waals surface area contributed by atoms with E-state index >= 15 is 0 Å². The summed E-state index contributed by atoms with van der Waals surface area (Å²) in [5.74, 6) is 1.61. The fraction of sp³-hybridized carbons (Fsp3) is 0.308. The van der Waals surface area contributed by atoms with Gasteiger partial charge in [-0.1, -0.05) is 0 Å². The van der Waals surface area contributed by atoms with Crippen molar-refractivity contribution in [1.82, 2.24) is 30.0 Å². The first kappa shape index (κ1) is 22.0. The number of aromatic amines is 1. The highest BCUT2D eigenvalue weighted by molar-refractivity contribution is 5.80. The Bertz CT molecular complexity index is 1260. The molecule has 3 aromatic heterocycles. The third kappa shape index (κ3) is 4.92. The highest BCUT2D eigenvalue weighted by Crippen LogP contribution is 2.26. The minimum absolute atomic E-state index is 0.149. The largest absolute Gasteiger partial charge is 0.439 e. The molecule has 174 valence electrons. The molecule has 5 rings (SSSR count). The molecule has 34 heavy (non-hydrogen) atoms.